The van der Waals surface area contributed by atoms with Crippen molar-refractivity contribution in [2.45, 2.75) is 40.2 Å². The van der Waals surface area contributed by atoms with Crippen molar-refractivity contribution in [3.63, 3.8) is 0 Å². The molecule has 20 heavy (non-hydrogen) atoms. The maximum atomic E-state index is 9.88. The maximum Gasteiger partial charge on any atom is 0.119 e. The average Bonchev–Trinajstić information content (AvgIpc) is 2.45. The summed E-state index contributed by atoms with van der Waals surface area (Å²) in [5.74, 6) is 2.09. The molecule has 2 N–H and O–H groups in total. The summed E-state index contributed by atoms with van der Waals surface area (Å²) in [6, 6.07) is 8.04. The Labute approximate surface area is 123 Å². The molecule has 0 radical (unpaired) electrons. The van der Waals surface area contributed by atoms with Gasteiger partial charge in [-0.25, -0.2) is 0 Å². The largest absolute Gasteiger partial charge is 0.491 e. The van der Waals surface area contributed by atoms with Crippen LogP contribution in [0.5, 0.6) is 5.75 Å². The fraction of sp³-hybridized carbons (Fsp3) is 0.647. The van der Waals surface area contributed by atoms with Gasteiger partial charge in [-0.1, -0.05) is 39.8 Å². The second kappa shape index (κ2) is 8.98. The van der Waals surface area contributed by atoms with E-state index < -0.39 is 6.10 Å². The quantitative estimate of drug-likeness (QED) is 0.730. The Kier molecular flexibility index (Phi) is 7.63. The molecule has 1 aromatic carbocycles. The minimum atomic E-state index is -0.472. The Morgan fingerprint density at radius 3 is 2.30 bits per heavy atom. The molecular weight excluding hydrogens is 250 g/mol. The first-order valence-corrected chi connectivity index (χ1v) is 7.63. The van der Waals surface area contributed by atoms with Gasteiger partial charge in [-0.05, 0) is 42.5 Å². The van der Waals surface area contributed by atoms with Crippen molar-refractivity contribution in [3.8, 4) is 5.75 Å². The summed E-state index contributed by atoms with van der Waals surface area (Å²) in [5.41, 5.74) is 1.29. The predicted octanol–water partition coefficient (Wildman–Crippen LogP) is 2.87. The van der Waals surface area contributed by atoms with Crippen LogP contribution in [-0.2, 0) is 6.42 Å². The van der Waals surface area contributed by atoms with Crippen molar-refractivity contribution < 1.29 is 9.84 Å². The van der Waals surface area contributed by atoms with Crippen LogP contribution in [0.2, 0.25) is 0 Å². The highest BCUT2D eigenvalue weighted by Crippen LogP contribution is 2.12. The van der Waals surface area contributed by atoms with Crippen molar-refractivity contribution in [1.29, 1.82) is 0 Å². The Morgan fingerprint density at radius 1 is 1.10 bits per heavy atom. The van der Waals surface area contributed by atoms with E-state index >= 15 is 0 Å². The number of aryl methyl sites for hydroxylation is 1. The van der Waals surface area contributed by atoms with Crippen molar-refractivity contribution >= 4 is 0 Å². The predicted molar refractivity (Wildman–Crippen MR) is 84.2 cm³/mol. The summed E-state index contributed by atoms with van der Waals surface area (Å²) in [5, 5.41) is 13.2. The Balaban J connectivity index is 2.20. The Morgan fingerprint density at radius 2 is 1.75 bits per heavy atom. The molecule has 0 amide bonds. The molecular formula is C17H29NO2. The first-order valence-electron chi connectivity index (χ1n) is 7.63. The van der Waals surface area contributed by atoms with Crippen molar-refractivity contribution in [3.05, 3.63) is 29.8 Å². The van der Waals surface area contributed by atoms with E-state index in [1.165, 1.54) is 5.56 Å². The van der Waals surface area contributed by atoms with Gasteiger partial charge in [0.1, 0.15) is 18.5 Å². The number of rotatable bonds is 9. The molecule has 0 aliphatic carbocycles. The molecule has 0 saturated carbocycles. The molecule has 0 bridgehead atoms. The fourth-order valence-corrected chi connectivity index (χ4v) is 1.79. The zero-order valence-corrected chi connectivity index (χ0v) is 13.2. The van der Waals surface area contributed by atoms with Gasteiger partial charge in [0.2, 0.25) is 0 Å². The normalized spacial score (nSPS) is 14.3. The number of aliphatic hydroxyl groups is 1. The number of nitrogens with one attached hydrogen (secondary N) is 1. The molecule has 1 rings (SSSR count). The molecule has 0 aromatic heterocycles. The zero-order chi connectivity index (χ0) is 15.0. The third kappa shape index (κ3) is 6.40. The van der Waals surface area contributed by atoms with Crippen LogP contribution in [0.15, 0.2) is 24.3 Å². The molecule has 0 fully saturated rings. The van der Waals surface area contributed by atoms with E-state index in [0.29, 0.717) is 25.0 Å². The second-order valence-corrected chi connectivity index (χ2v) is 5.84. The van der Waals surface area contributed by atoms with Gasteiger partial charge >= 0.3 is 0 Å². The molecule has 2 atom stereocenters. The topological polar surface area (TPSA) is 41.5 Å². The fourth-order valence-electron chi connectivity index (χ4n) is 1.79. The van der Waals surface area contributed by atoms with E-state index in [1.807, 2.05) is 12.1 Å². The minimum absolute atomic E-state index is 0.328. The number of hydrogen-bond acceptors (Lipinski definition) is 3. The van der Waals surface area contributed by atoms with Crippen LogP contribution in [0, 0.1) is 11.8 Å². The SMILES string of the molecule is CCc1ccc(OCC(O)CNCC(C)C(C)C)cc1. The van der Waals surface area contributed by atoms with Crippen molar-refractivity contribution in [2.75, 3.05) is 19.7 Å². The van der Waals surface area contributed by atoms with Gasteiger partial charge in [-0.3, -0.25) is 0 Å². The second-order valence-electron chi connectivity index (χ2n) is 5.84. The van der Waals surface area contributed by atoms with Gasteiger partial charge in [0.15, 0.2) is 0 Å². The van der Waals surface area contributed by atoms with Gasteiger partial charge in [0.25, 0.3) is 0 Å². The van der Waals surface area contributed by atoms with Crippen LogP contribution < -0.4 is 10.1 Å². The van der Waals surface area contributed by atoms with Gasteiger partial charge in [0, 0.05) is 6.54 Å². The lowest BCUT2D eigenvalue weighted by Gasteiger charge is -2.18. The van der Waals surface area contributed by atoms with Crippen LogP contribution in [0.4, 0.5) is 0 Å². The maximum absolute atomic E-state index is 9.88. The first kappa shape index (κ1) is 17.0. The molecule has 3 heteroatoms. The number of aliphatic hydroxyl groups excluding tert-OH is 1. The molecule has 0 aliphatic rings. The van der Waals surface area contributed by atoms with Gasteiger partial charge in [-0.2, -0.15) is 0 Å². The molecule has 114 valence electrons. The highest BCUT2D eigenvalue weighted by molar-refractivity contribution is 5.27. The molecule has 0 saturated heterocycles. The molecule has 0 aliphatic heterocycles. The Hall–Kier alpha value is -1.06. The summed E-state index contributed by atoms with van der Waals surface area (Å²) < 4.78 is 5.58. The highest BCUT2D eigenvalue weighted by Gasteiger charge is 2.09. The molecule has 0 spiro atoms. The summed E-state index contributed by atoms with van der Waals surface area (Å²) in [4.78, 5) is 0. The lowest BCUT2D eigenvalue weighted by Crippen LogP contribution is -2.34. The lowest BCUT2D eigenvalue weighted by atomic mass is 9.98. The van der Waals surface area contributed by atoms with Gasteiger partial charge in [0.05, 0.1) is 0 Å². The van der Waals surface area contributed by atoms with Crippen LogP contribution >= 0.6 is 0 Å². The van der Waals surface area contributed by atoms with Crippen LogP contribution in [-0.4, -0.2) is 30.9 Å². The Bertz CT molecular complexity index is 362. The van der Waals surface area contributed by atoms with Gasteiger partial charge < -0.3 is 15.2 Å². The standard InChI is InChI=1S/C17H29NO2/c1-5-15-6-8-17(9-7-15)20-12-16(19)11-18-10-14(4)13(2)3/h6-9,13-14,16,18-19H,5,10-12H2,1-4H3. The van der Waals surface area contributed by atoms with Crippen LogP contribution in [0.1, 0.15) is 33.3 Å². The van der Waals surface area contributed by atoms with Crippen LogP contribution in [0.25, 0.3) is 0 Å². The first-order chi connectivity index (χ1) is 9.52. The van der Waals surface area contributed by atoms with E-state index in [4.69, 9.17) is 4.74 Å². The number of ether oxygens (including phenoxy) is 1. The lowest BCUT2D eigenvalue weighted by molar-refractivity contribution is 0.105. The highest BCUT2D eigenvalue weighted by atomic mass is 16.5. The number of hydrogen-bond donors (Lipinski definition) is 2. The average molecular weight is 279 g/mol. The number of benzene rings is 1. The summed E-state index contributed by atoms with van der Waals surface area (Å²) in [6.07, 6.45) is 0.557. The third-order valence-electron chi connectivity index (χ3n) is 3.76. The summed E-state index contributed by atoms with van der Waals surface area (Å²) >= 11 is 0. The molecule has 2 unspecified atom stereocenters. The summed E-state index contributed by atoms with van der Waals surface area (Å²) in [7, 11) is 0. The van der Waals surface area contributed by atoms with Gasteiger partial charge in [-0.15, -0.1) is 0 Å². The molecule has 1 aromatic rings. The smallest absolute Gasteiger partial charge is 0.119 e. The van der Waals surface area contributed by atoms with E-state index in [-0.39, 0.29) is 0 Å². The van der Waals surface area contributed by atoms with E-state index in [0.717, 1.165) is 18.7 Å². The zero-order valence-electron chi connectivity index (χ0n) is 13.2. The molecule has 0 heterocycles. The third-order valence-corrected chi connectivity index (χ3v) is 3.76. The minimum Gasteiger partial charge on any atom is -0.491 e. The summed E-state index contributed by atoms with van der Waals surface area (Å²) in [6.45, 7) is 10.6. The van der Waals surface area contributed by atoms with Crippen LogP contribution in [0.3, 0.4) is 0 Å². The van der Waals surface area contributed by atoms with E-state index in [9.17, 15) is 5.11 Å². The van der Waals surface area contributed by atoms with Crippen molar-refractivity contribution in [2.24, 2.45) is 11.8 Å². The van der Waals surface area contributed by atoms with E-state index in [2.05, 4.69) is 45.1 Å². The molecule has 3 nitrogen and oxygen atoms in total. The van der Waals surface area contributed by atoms with Crippen molar-refractivity contribution in [1.82, 2.24) is 5.32 Å². The monoisotopic (exact) mass is 279 g/mol. The van der Waals surface area contributed by atoms with E-state index in [1.54, 1.807) is 0 Å².